The first-order valence-electron chi connectivity index (χ1n) is 0.286. The van der Waals surface area contributed by atoms with Gasteiger partial charge in [0, 0.05) is 40.8 Å². The van der Waals surface area contributed by atoms with Gasteiger partial charge in [0.25, 0.3) is 0 Å². The normalized spacial score (nSPS) is 5.50. The third-order valence-corrected chi connectivity index (χ3v) is 0. The Bertz CT molecular complexity index is 3.25. The zero-order chi connectivity index (χ0) is 2.71. The van der Waals surface area contributed by atoms with E-state index in [0.717, 1.165) is 0 Å². The van der Waals surface area contributed by atoms with Crippen LogP contribution in [0.4, 0.5) is 0 Å². The van der Waals surface area contributed by atoms with Gasteiger partial charge in [-0.15, -0.1) is 0 Å². The van der Waals surface area contributed by atoms with Crippen LogP contribution in [0.15, 0.2) is 0 Å². The molecule has 0 saturated heterocycles. The van der Waals surface area contributed by atoms with Crippen LogP contribution in [0.25, 0.3) is 0 Å². The van der Waals surface area contributed by atoms with Crippen molar-refractivity contribution in [2.45, 2.75) is 0 Å². The largest absolute Gasteiger partial charge is 0 e. The maximum absolute atomic E-state index is 2.39. The molecule has 0 heterocycles. The fraction of sp³-hybridized carbons (Fsp3) is 0. The summed E-state index contributed by atoms with van der Waals surface area (Å²) in [5, 5.41) is 0. The van der Waals surface area contributed by atoms with Gasteiger partial charge in [0.15, 0.2) is 0 Å². The average Bonchev–Trinajstić information content (AvgIpc) is 0.918. The fourth-order valence-electron chi connectivity index (χ4n) is 0. The molecule has 0 radical (unpaired) electrons. The third kappa shape index (κ3) is 9.11. The number of hydrogen-bond donors (Lipinski definition) is 0. The van der Waals surface area contributed by atoms with Gasteiger partial charge in [0.05, 0.1) is 0 Å². The van der Waals surface area contributed by atoms with Crippen molar-refractivity contribution >= 4 is 37.2 Å². The second-order valence-corrected chi connectivity index (χ2v) is 16.3. The van der Waals surface area contributed by atoms with Crippen LogP contribution in [0.1, 0.15) is 0 Å². The van der Waals surface area contributed by atoms with Crippen molar-refractivity contribution in [2.75, 3.05) is 0 Å². The zero-order valence-corrected chi connectivity index (χ0v) is 11.3. The van der Waals surface area contributed by atoms with Crippen molar-refractivity contribution in [3.8, 4) is 0 Å². The van der Waals surface area contributed by atoms with Gasteiger partial charge in [0.1, 0.15) is 0 Å². The molecule has 0 saturated carbocycles. The smallest absolute Gasteiger partial charge is 0 e. The maximum Gasteiger partial charge on any atom is 0 e. The second-order valence-electron chi connectivity index (χ2n) is 0.0540. The molecule has 0 aromatic carbocycles. The summed E-state index contributed by atoms with van der Waals surface area (Å²) in [4.78, 5) is 0. The van der Waals surface area contributed by atoms with E-state index in [2.05, 4.69) is 37.2 Å². The van der Waals surface area contributed by atoms with Gasteiger partial charge in [-0.05, 0) is 0 Å². The molecular weight excluding hydrogens is 525 g/mol. The molecular formula is I3Nd-. The minimum absolute atomic E-state index is 0. The Labute approximate surface area is 88.4 Å². The summed E-state index contributed by atoms with van der Waals surface area (Å²) in [6, 6.07) is 0. The van der Waals surface area contributed by atoms with Crippen molar-refractivity contribution in [3.63, 3.8) is 0 Å². The summed E-state index contributed by atoms with van der Waals surface area (Å²) >= 11 is 5.30. The Morgan fingerprint density at radius 3 is 1.25 bits per heavy atom. The van der Waals surface area contributed by atoms with Crippen molar-refractivity contribution in [1.82, 2.24) is 0 Å². The number of halogens is 3. The third-order valence-electron chi connectivity index (χ3n) is 0. The number of rotatable bonds is 0. The van der Waals surface area contributed by atoms with E-state index in [1.807, 2.05) is 0 Å². The molecule has 0 aliphatic heterocycles. The molecule has 0 N–H and O–H groups in total. The molecule has 0 aromatic heterocycles. The molecule has 0 nitrogen and oxygen atoms in total. The first-order valence-corrected chi connectivity index (χ1v) is 12.9. The van der Waals surface area contributed by atoms with Crippen molar-refractivity contribution in [1.29, 1.82) is 0 Å². The average molecular weight is 525 g/mol. The number of hydrogen-bond acceptors (Lipinski definition) is 0. The van der Waals surface area contributed by atoms with Crippen molar-refractivity contribution < 1.29 is 54.1 Å². The molecule has 4 heteroatoms. The fourth-order valence-corrected chi connectivity index (χ4v) is 0. The van der Waals surface area contributed by atoms with E-state index in [9.17, 15) is 0 Å². The first kappa shape index (κ1) is 10.5. The van der Waals surface area contributed by atoms with E-state index in [4.69, 9.17) is 0 Å². The van der Waals surface area contributed by atoms with E-state index in [0.29, 0.717) is 13.3 Å². The van der Waals surface area contributed by atoms with Crippen molar-refractivity contribution in [3.05, 3.63) is 0 Å². The predicted octanol–water partition coefficient (Wildman–Crippen LogP) is -1.22. The Morgan fingerprint density at radius 2 is 1.25 bits per heavy atom. The van der Waals surface area contributed by atoms with Gasteiger partial charge in [-0.2, -0.15) is 0 Å². The molecule has 0 unspecified atom stereocenters. The Morgan fingerprint density at radius 1 is 1.25 bits per heavy atom. The molecule has 0 aliphatic carbocycles. The summed E-state index contributed by atoms with van der Waals surface area (Å²) in [5.74, 6) is 0. The molecule has 26 valence electrons. The second kappa shape index (κ2) is 9.74. The van der Waals surface area contributed by atoms with Crippen LogP contribution >= 0.6 is 37.2 Å². The van der Waals surface area contributed by atoms with Gasteiger partial charge < -0.3 is 0 Å². The van der Waals surface area contributed by atoms with E-state index >= 15 is 0 Å². The van der Waals surface area contributed by atoms with Crippen LogP contribution in [0.5, 0.6) is 0 Å². The molecule has 0 bridgehead atoms. The Balaban J connectivity index is 0. The van der Waals surface area contributed by atoms with Crippen LogP contribution in [0, 0.1) is 40.8 Å². The van der Waals surface area contributed by atoms with Crippen LogP contribution in [0.2, 0.25) is 0 Å². The van der Waals surface area contributed by atoms with Crippen LogP contribution in [-0.2, 0) is 0 Å². The standard InChI is InChI=1S/I3.Nd/c1-3-2;/q-1;. The predicted molar refractivity (Wildman–Crippen MR) is 28.0 cm³/mol. The molecule has 0 atom stereocenters. The quantitative estimate of drug-likeness (QED) is 0.349. The Hall–Kier alpha value is 3.54. The SMILES string of the molecule is I[I-]I.[Nd]. The molecule has 0 fully saturated rings. The van der Waals surface area contributed by atoms with Crippen molar-refractivity contribution in [2.24, 2.45) is 0 Å². The summed E-state index contributed by atoms with van der Waals surface area (Å²) in [6.45, 7) is 0. The maximum atomic E-state index is 2.39. The Kier molecular flexibility index (Phi) is 25.6. The topological polar surface area (TPSA) is 0 Å². The monoisotopic (exact) mass is 523 g/mol. The molecule has 0 amide bonds. The van der Waals surface area contributed by atoms with E-state index in [-0.39, 0.29) is 40.8 Å². The minimum atomic E-state index is 0. The summed E-state index contributed by atoms with van der Waals surface area (Å²) in [7, 11) is 0. The minimum Gasteiger partial charge on any atom is 0 e. The molecule has 0 aromatic rings. The van der Waals surface area contributed by atoms with Gasteiger partial charge in [0.2, 0.25) is 0 Å². The van der Waals surface area contributed by atoms with Gasteiger partial charge >= 0.3 is 50.5 Å². The van der Waals surface area contributed by atoms with Gasteiger partial charge in [-0.3, -0.25) is 0 Å². The summed E-state index contributed by atoms with van der Waals surface area (Å²) in [5.41, 5.74) is 0. The van der Waals surface area contributed by atoms with Crippen LogP contribution in [0.3, 0.4) is 0 Å². The first-order chi connectivity index (χ1) is 1.41. The van der Waals surface area contributed by atoms with Gasteiger partial charge in [-0.1, -0.05) is 0 Å². The zero-order valence-electron chi connectivity index (χ0n) is 1.63. The van der Waals surface area contributed by atoms with Crippen LogP contribution < -0.4 is 13.3 Å². The summed E-state index contributed by atoms with van der Waals surface area (Å²) < 4.78 is 0. The molecule has 0 aliphatic rings. The van der Waals surface area contributed by atoms with Gasteiger partial charge in [-0.25, -0.2) is 0 Å². The van der Waals surface area contributed by atoms with E-state index < -0.39 is 0 Å². The molecule has 4 heavy (non-hydrogen) atoms. The van der Waals surface area contributed by atoms with E-state index in [1.165, 1.54) is 0 Å². The van der Waals surface area contributed by atoms with Crippen LogP contribution in [-0.4, -0.2) is 0 Å². The van der Waals surface area contributed by atoms with E-state index in [1.54, 1.807) is 0 Å². The molecule has 0 rings (SSSR count). The molecule has 0 spiro atoms. The summed E-state index contributed by atoms with van der Waals surface area (Å²) in [6.07, 6.45) is 0.